The molecule has 0 radical (unpaired) electrons. The highest BCUT2D eigenvalue weighted by Gasteiger charge is 2.33. The van der Waals surface area contributed by atoms with Gasteiger partial charge in [-0.2, -0.15) is 13.2 Å². The minimum Gasteiger partial charge on any atom is -0.507 e. The molecule has 19 heavy (non-hydrogen) atoms. The van der Waals surface area contributed by atoms with Crippen LogP contribution in [-0.2, 0) is 12.7 Å². The summed E-state index contributed by atoms with van der Waals surface area (Å²) < 4.78 is 37.9. The second-order valence-electron chi connectivity index (χ2n) is 5.27. The Balaban J connectivity index is 2.75. The Bertz CT molecular complexity index is 416. The molecule has 0 aliphatic carbocycles. The zero-order valence-electron chi connectivity index (χ0n) is 11.5. The molecule has 0 bridgehead atoms. The van der Waals surface area contributed by atoms with Crippen molar-refractivity contribution in [2.75, 3.05) is 13.6 Å². The van der Waals surface area contributed by atoms with Gasteiger partial charge in [0.05, 0.1) is 5.56 Å². The molecule has 1 aromatic carbocycles. The fourth-order valence-electron chi connectivity index (χ4n) is 1.78. The zero-order chi connectivity index (χ0) is 14.6. The van der Waals surface area contributed by atoms with E-state index in [9.17, 15) is 18.3 Å². The van der Waals surface area contributed by atoms with Gasteiger partial charge in [-0.25, -0.2) is 0 Å². The van der Waals surface area contributed by atoms with Crippen molar-refractivity contribution in [1.29, 1.82) is 0 Å². The predicted molar refractivity (Wildman–Crippen MR) is 68.9 cm³/mol. The van der Waals surface area contributed by atoms with E-state index in [-0.39, 0.29) is 0 Å². The molecule has 0 aliphatic heterocycles. The Kier molecular flexibility index (Phi) is 5.23. The van der Waals surface area contributed by atoms with Gasteiger partial charge in [0.2, 0.25) is 0 Å². The maximum atomic E-state index is 12.6. The van der Waals surface area contributed by atoms with Crippen molar-refractivity contribution in [3.8, 4) is 5.75 Å². The number of benzene rings is 1. The van der Waals surface area contributed by atoms with Crippen LogP contribution in [0.3, 0.4) is 0 Å². The van der Waals surface area contributed by atoms with Crippen LogP contribution in [0.2, 0.25) is 0 Å². The number of hydrogen-bond acceptors (Lipinski definition) is 2. The quantitative estimate of drug-likeness (QED) is 0.881. The van der Waals surface area contributed by atoms with Gasteiger partial charge in [0.25, 0.3) is 0 Å². The Morgan fingerprint density at radius 1 is 1.26 bits per heavy atom. The highest BCUT2D eigenvalue weighted by atomic mass is 19.4. The van der Waals surface area contributed by atoms with E-state index in [0.717, 1.165) is 25.1 Å². The highest BCUT2D eigenvalue weighted by Crippen LogP contribution is 2.36. The van der Waals surface area contributed by atoms with E-state index in [4.69, 9.17) is 0 Å². The van der Waals surface area contributed by atoms with E-state index in [1.54, 1.807) is 0 Å². The largest absolute Gasteiger partial charge is 0.507 e. The van der Waals surface area contributed by atoms with Gasteiger partial charge in [-0.15, -0.1) is 0 Å². The lowest BCUT2D eigenvalue weighted by Gasteiger charge is -2.19. The number of phenolic OH excluding ortho intramolecular Hbond substituents is 1. The van der Waals surface area contributed by atoms with Crippen LogP contribution in [0.5, 0.6) is 5.75 Å². The summed E-state index contributed by atoms with van der Waals surface area (Å²) in [6.45, 7) is 5.49. The molecule has 0 spiro atoms. The molecular weight excluding hydrogens is 255 g/mol. The van der Waals surface area contributed by atoms with Gasteiger partial charge in [0.15, 0.2) is 0 Å². The van der Waals surface area contributed by atoms with Gasteiger partial charge in [0, 0.05) is 6.54 Å². The second-order valence-corrected chi connectivity index (χ2v) is 5.27. The van der Waals surface area contributed by atoms with Crippen LogP contribution >= 0.6 is 0 Å². The summed E-state index contributed by atoms with van der Waals surface area (Å²) in [5.74, 6) is -0.158. The van der Waals surface area contributed by atoms with E-state index in [0.29, 0.717) is 18.0 Å². The van der Waals surface area contributed by atoms with Gasteiger partial charge < -0.3 is 10.0 Å². The Morgan fingerprint density at radius 2 is 1.89 bits per heavy atom. The van der Waals surface area contributed by atoms with E-state index < -0.39 is 17.5 Å². The van der Waals surface area contributed by atoms with Gasteiger partial charge in [-0.05, 0) is 43.6 Å². The van der Waals surface area contributed by atoms with Crippen molar-refractivity contribution in [2.24, 2.45) is 5.92 Å². The topological polar surface area (TPSA) is 23.5 Å². The third-order valence-corrected chi connectivity index (χ3v) is 2.91. The van der Waals surface area contributed by atoms with E-state index in [1.807, 2.05) is 11.9 Å². The van der Waals surface area contributed by atoms with E-state index in [1.165, 1.54) is 6.07 Å². The second kappa shape index (κ2) is 6.28. The SMILES string of the molecule is CC(C)CCN(C)Cc1ccc(O)c(C(F)(F)F)c1. The van der Waals surface area contributed by atoms with Gasteiger partial charge in [0.1, 0.15) is 5.75 Å². The number of rotatable bonds is 5. The molecule has 0 unspecified atom stereocenters. The Hall–Kier alpha value is -1.23. The van der Waals surface area contributed by atoms with Crippen molar-refractivity contribution in [2.45, 2.75) is 33.0 Å². The molecule has 0 heterocycles. The molecule has 1 aromatic rings. The average molecular weight is 275 g/mol. The molecule has 0 saturated carbocycles. The summed E-state index contributed by atoms with van der Waals surface area (Å²) in [6, 6.07) is 3.64. The minimum absolute atomic E-state index is 0.441. The standard InChI is InChI=1S/C14H20F3NO/c1-10(2)6-7-18(3)9-11-4-5-13(19)12(8-11)14(15,16)17/h4-5,8,10,19H,6-7,9H2,1-3H3. The minimum atomic E-state index is -4.52. The fourth-order valence-corrected chi connectivity index (χ4v) is 1.78. The van der Waals surface area contributed by atoms with Crippen LogP contribution < -0.4 is 0 Å². The molecule has 5 heteroatoms. The lowest BCUT2D eigenvalue weighted by Crippen LogP contribution is -2.20. The van der Waals surface area contributed by atoms with Crippen LogP contribution in [0.4, 0.5) is 13.2 Å². The zero-order valence-corrected chi connectivity index (χ0v) is 11.5. The molecule has 0 amide bonds. The molecule has 2 nitrogen and oxygen atoms in total. The number of nitrogens with zero attached hydrogens (tertiary/aromatic N) is 1. The summed E-state index contributed by atoms with van der Waals surface area (Å²) in [6.07, 6.45) is -3.52. The Labute approximate surface area is 111 Å². The highest BCUT2D eigenvalue weighted by molar-refractivity contribution is 5.38. The molecule has 1 N–H and O–H groups in total. The maximum absolute atomic E-state index is 12.6. The first-order valence-corrected chi connectivity index (χ1v) is 6.27. The number of phenols is 1. The molecule has 108 valence electrons. The summed E-state index contributed by atoms with van der Waals surface area (Å²) in [4.78, 5) is 1.98. The maximum Gasteiger partial charge on any atom is 0.419 e. The third kappa shape index (κ3) is 5.11. The molecule has 0 aliphatic rings. The average Bonchev–Trinajstić information content (AvgIpc) is 2.27. The predicted octanol–water partition coefficient (Wildman–Crippen LogP) is 3.89. The van der Waals surface area contributed by atoms with Crippen LogP contribution in [0.25, 0.3) is 0 Å². The van der Waals surface area contributed by atoms with E-state index >= 15 is 0 Å². The molecule has 1 rings (SSSR count). The number of halogens is 3. The van der Waals surface area contributed by atoms with Crippen LogP contribution in [0.15, 0.2) is 18.2 Å². The van der Waals surface area contributed by atoms with Crippen molar-refractivity contribution in [3.63, 3.8) is 0 Å². The molecule has 0 saturated heterocycles. The summed E-state index contributed by atoms with van der Waals surface area (Å²) >= 11 is 0. The monoisotopic (exact) mass is 275 g/mol. The number of hydrogen-bond donors (Lipinski definition) is 1. The first kappa shape index (κ1) is 15.8. The third-order valence-electron chi connectivity index (χ3n) is 2.91. The van der Waals surface area contributed by atoms with Crippen LogP contribution in [0, 0.1) is 5.92 Å². The first-order valence-electron chi connectivity index (χ1n) is 6.27. The summed E-state index contributed by atoms with van der Waals surface area (Å²) in [7, 11) is 1.88. The molecule has 0 atom stereocenters. The van der Waals surface area contributed by atoms with Gasteiger partial charge in [-0.1, -0.05) is 19.9 Å². The van der Waals surface area contributed by atoms with Crippen LogP contribution in [-0.4, -0.2) is 23.6 Å². The summed E-state index contributed by atoms with van der Waals surface area (Å²) in [5, 5.41) is 9.25. The van der Waals surface area contributed by atoms with Crippen LogP contribution in [0.1, 0.15) is 31.4 Å². The van der Waals surface area contributed by atoms with Crippen molar-refractivity contribution < 1.29 is 18.3 Å². The molecule has 0 aromatic heterocycles. The Morgan fingerprint density at radius 3 is 2.42 bits per heavy atom. The van der Waals surface area contributed by atoms with Crippen molar-refractivity contribution in [3.05, 3.63) is 29.3 Å². The normalized spacial score (nSPS) is 12.4. The lowest BCUT2D eigenvalue weighted by molar-refractivity contribution is -0.138. The number of aromatic hydroxyl groups is 1. The van der Waals surface area contributed by atoms with Gasteiger partial charge >= 0.3 is 6.18 Å². The van der Waals surface area contributed by atoms with Gasteiger partial charge in [-0.3, -0.25) is 0 Å². The first-order chi connectivity index (χ1) is 8.70. The van der Waals surface area contributed by atoms with E-state index in [2.05, 4.69) is 13.8 Å². The number of alkyl halides is 3. The molecular formula is C14H20F3NO. The lowest BCUT2D eigenvalue weighted by atomic mass is 10.1. The summed E-state index contributed by atoms with van der Waals surface area (Å²) in [5.41, 5.74) is -0.418. The van der Waals surface area contributed by atoms with Crippen molar-refractivity contribution in [1.82, 2.24) is 4.90 Å². The fraction of sp³-hybridized carbons (Fsp3) is 0.571. The van der Waals surface area contributed by atoms with Crippen molar-refractivity contribution >= 4 is 0 Å². The smallest absolute Gasteiger partial charge is 0.419 e. The molecule has 0 fully saturated rings.